The molecule has 1 fully saturated rings. The first-order valence-electron chi connectivity index (χ1n) is 6.98. The highest BCUT2D eigenvalue weighted by atomic mass is 32.2. The lowest BCUT2D eigenvalue weighted by molar-refractivity contribution is 0.634. The van der Waals surface area contributed by atoms with Crippen molar-refractivity contribution < 1.29 is 0 Å². The molecule has 106 valence electrons. The molecule has 0 saturated carbocycles. The van der Waals surface area contributed by atoms with Gasteiger partial charge in [-0.15, -0.1) is 0 Å². The topological polar surface area (TPSA) is 41.1 Å². The lowest BCUT2D eigenvalue weighted by atomic mass is 10.1. The normalized spacial score (nSPS) is 19.1. The van der Waals surface area contributed by atoms with Crippen LogP contribution in [0.25, 0.3) is 0 Å². The Hall–Kier alpha value is -0.970. The summed E-state index contributed by atoms with van der Waals surface area (Å²) in [5.74, 6) is 3.21. The van der Waals surface area contributed by atoms with Crippen molar-refractivity contribution >= 4 is 23.4 Å². The molecule has 1 saturated heterocycles. The van der Waals surface area contributed by atoms with E-state index >= 15 is 0 Å². The van der Waals surface area contributed by atoms with Gasteiger partial charge in [0.2, 0.25) is 0 Å². The number of rotatable bonds is 3. The van der Waals surface area contributed by atoms with Crippen LogP contribution >= 0.6 is 11.8 Å². The summed E-state index contributed by atoms with van der Waals surface area (Å²) in [4.78, 5) is 11.2. The van der Waals surface area contributed by atoms with Crippen LogP contribution < -0.4 is 10.2 Å². The quantitative estimate of drug-likeness (QED) is 0.922. The van der Waals surface area contributed by atoms with E-state index in [4.69, 9.17) is 0 Å². The van der Waals surface area contributed by atoms with Crippen LogP contribution in [0.2, 0.25) is 0 Å². The molecule has 1 N–H and O–H groups in total. The Labute approximate surface area is 120 Å². The fourth-order valence-corrected chi connectivity index (χ4v) is 3.44. The summed E-state index contributed by atoms with van der Waals surface area (Å²) in [6, 6.07) is 0. The van der Waals surface area contributed by atoms with E-state index < -0.39 is 0 Å². The van der Waals surface area contributed by atoms with Crippen molar-refractivity contribution in [3.8, 4) is 0 Å². The molecule has 1 aromatic rings. The van der Waals surface area contributed by atoms with E-state index in [0.29, 0.717) is 4.75 Å². The summed E-state index contributed by atoms with van der Waals surface area (Å²) in [7, 11) is 0. The van der Waals surface area contributed by atoms with Gasteiger partial charge in [0.05, 0.1) is 0 Å². The summed E-state index contributed by atoms with van der Waals surface area (Å²) in [5.41, 5.74) is 1.16. The Balaban J connectivity index is 2.19. The minimum atomic E-state index is 0.375. The number of hydrogen-bond acceptors (Lipinski definition) is 5. The third-order valence-electron chi connectivity index (χ3n) is 3.54. The molecule has 2 rings (SSSR count). The van der Waals surface area contributed by atoms with Crippen LogP contribution in [0.5, 0.6) is 0 Å². The van der Waals surface area contributed by atoms with Crippen LogP contribution in [0.15, 0.2) is 6.33 Å². The van der Waals surface area contributed by atoms with Gasteiger partial charge in [-0.3, -0.25) is 0 Å². The third-order valence-corrected chi connectivity index (χ3v) is 4.91. The van der Waals surface area contributed by atoms with Crippen LogP contribution in [0.1, 0.15) is 32.8 Å². The molecular weight excluding hydrogens is 256 g/mol. The van der Waals surface area contributed by atoms with Crippen LogP contribution in [-0.4, -0.2) is 40.1 Å². The minimum Gasteiger partial charge on any atom is -0.370 e. The summed E-state index contributed by atoms with van der Waals surface area (Å²) in [6.45, 7) is 11.9. The van der Waals surface area contributed by atoms with Crippen molar-refractivity contribution in [1.82, 2.24) is 9.97 Å². The highest BCUT2D eigenvalue weighted by molar-refractivity contribution is 8.00. The van der Waals surface area contributed by atoms with Gasteiger partial charge in [-0.25, -0.2) is 9.97 Å². The van der Waals surface area contributed by atoms with Crippen LogP contribution in [0.4, 0.5) is 11.6 Å². The molecule has 5 heteroatoms. The average molecular weight is 280 g/mol. The molecule has 0 amide bonds. The van der Waals surface area contributed by atoms with E-state index in [2.05, 4.69) is 59.6 Å². The molecular formula is C14H24N4S. The molecule has 0 aromatic carbocycles. The predicted octanol–water partition coefficient (Wildman–Crippen LogP) is 2.94. The minimum absolute atomic E-state index is 0.375. The average Bonchev–Trinajstić information content (AvgIpc) is 2.53. The van der Waals surface area contributed by atoms with Gasteiger partial charge in [0.25, 0.3) is 0 Å². The zero-order valence-electron chi connectivity index (χ0n) is 12.4. The van der Waals surface area contributed by atoms with Crippen molar-refractivity contribution in [3.05, 3.63) is 11.9 Å². The predicted molar refractivity (Wildman–Crippen MR) is 84.3 cm³/mol. The first-order valence-corrected chi connectivity index (χ1v) is 7.96. The Bertz CT molecular complexity index is 433. The summed E-state index contributed by atoms with van der Waals surface area (Å²) in [6.07, 6.45) is 2.86. The fourth-order valence-electron chi connectivity index (χ4n) is 2.34. The summed E-state index contributed by atoms with van der Waals surface area (Å²) in [5, 5.41) is 3.30. The van der Waals surface area contributed by atoms with Crippen LogP contribution in [0, 0.1) is 6.92 Å². The Morgan fingerprint density at radius 1 is 1.37 bits per heavy atom. The maximum Gasteiger partial charge on any atom is 0.137 e. The Morgan fingerprint density at radius 3 is 2.89 bits per heavy atom. The van der Waals surface area contributed by atoms with Gasteiger partial charge in [-0.2, -0.15) is 11.8 Å². The molecule has 0 bridgehead atoms. The zero-order valence-corrected chi connectivity index (χ0v) is 13.2. The van der Waals surface area contributed by atoms with Gasteiger partial charge in [0, 0.05) is 35.7 Å². The first-order chi connectivity index (χ1) is 9.03. The molecule has 4 nitrogen and oxygen atoms in total. The standard InChI is InChI=1S/C14H24N4S/c1-5-15-12-11(2)13(17-10-16-12)18-7-6-14(3,4)19-9-8-18/h10H,5-9H2,1-4H3,(H,15,16,17). The Kier molecular flexibility index (Phi) is 4.55. The third kappa shape index (κ3) is 3.53. The van der Waals surface area contributed by atoms with Gasteiger partial charge in [-0.1, -0.05) is 13.8 Å². The van der Waals surface area contributed by atoms with Crippen molar-refractivity contribution in [2.45, 2.75) is 38.9 Å². The Morgan fingerprint density at radius 2 is 2.16 bits per heavy atom. The SMILES string of the molecule is CCNc1ncnc(N2CCSC(C)(C)CC2)c1C. The number of aromatic nitrogens is 2. The van der Waals surface area contributed by atoms with E-state index in [-0.39, 0.29) is 0 Å². The number of anilines is 2. The van der Waals surface area contributed by atoms with Gasteiger partial charge >= 0.3 is 0 Å². The van der Waals surface area contributed by atoms with Gasteiger partial charge < -0.3 is 10.2 Å². The van der Waals surface area contributed by atoms with Crippen LogP contribution in [-0.2, 0) is 0 Å². The fraction of sp³-hybridized carbons (Fsp3) is 0.714. The number of hydrogen-bond donors (Lipinski definition) is 1. The summed E-state index contributed by atoms with van der Waals surface area (Å²) < 4.78 is 0.375. The molecule has 0 spiro atoms. The molecule has 2 heterocycles. The largest absolute Gasteiger partial charge is 0.370 e. The maximum atomic E-state index is 4.50. The van der Waals surface area contributed by atoms with Crippen molar-refractivity contribution in [2.24, 2.45) is 0 Å². The maximum absolute atomic E-state index is 4.50. The molecule has 19 heavy (non-hydrogen) atoms. The number of nitrogens with zero attached hydrogens (tertiary/aromatic N) is 3. The number of thioether (sulfide) groups is 1. The van der Waals surface area contributed by atoms with Crippen molar-refractivity contribution in [3.63, 3.8) is 0 Å². The monoisotopic (exact) mass is 280 g/mol. The van der Waals surface area contributed by atoms with E-state index in [1.807, 2.05) is 0 Å². The molecule has 0 atom stereocenters. The van der Waals surface area contributed by atoms with Gasteiger partial charge in [0.15, 0.2) is 0 Å². The zero-order chi connectivity index (χ0) is 13.9. The van der Waals surface area contributed by atoms with E-state index in [0.717, 1.165) is 42.6 Å². The van der Waals surface area contributed by atoms with Gasteiger partial charge in [-0.05, 0) is 20.3 Å². The van der Waals surface area contributed by atoms with Crippen molar-refractivity contribution in [2.75, 3.05) is 35.6 Å². The molecule has 0 aliphatic carbocycles. The second-order valence-corrected chi connectivity index (χ2v) is 7.35. The van der Waals surface area contributed by atoms with Crippen LogP contribution in [0.3, 0.4) is 0 Å². The number of nitrogens with one attached hydrogen (secondary N) is 1. The second-order valence-electron chi connectivity index (χ2n) is 5.55. The van der Waals surface area contributed by atoms with E-state index in [9.17, 15) is 0 Å². The molecule has 1 aliphatic heterocycles. The smallest absolute Gasteiger partial charge is 0.137 e. The summed E-state index contributed by atoms with van der Waals surface area (Å²) >= 11 is 2.06. The highest BCUT2D eigenvalue weighted by Gasteiger charge is 2.25. The molecule has 1 aromatic heterocycles. The van der Waals surface area contributed by atoms with E-state index in [1.165, 1.54) is 6.42 Å². The molecule has 1 aliphatic rings. The first kappa shape index (κ1) is 14.4. The van der Waals surface area contributed by atoms with Gasteiger partial charge in [0.1, 0.15) is 18.0 Å². The highest BCUT2D eigenvalue weighted by Crippen LogP contribution is 2.33. The molecule has 0 radical (unpaired) electrons. The second kappa shape index (κ2) is 5.99. The van der Waals surface area contributed by atoms with Crippen molar-refractivity contribution in [1.29, 1.82) is 0 Å². The lowest BCUT2D eigenvalue weighted by Crippen LogP contribution is -2.28. The lowest BCUT2D eigenvalue weighted by Gasteiger charge is -2.25. The molecule has 0 unspecified atom stereocenters. The van der Waals surface area contributed by atoms with E-state index in [1.54, 1.807) is 6.33 Å².